The summed E-state index contributed by atoms with van der Waals surface area (Å²) in [7, 11) is 0. The second-order valence-electron chi connectivity index (χ2n) is 13.5. The number of nitrogens with zero attached hydrogens (tertiary/aromatic N) is 3. The molecule has 0 bridgehead atoms. The Kier molecular flexibility index (Phi) is 6.52. The summed E-state index contributed by atoms with van der Waals surface area (Å²) in [4.78, 5) is 15.0. The van der Waals surface area contributed by atoms with Gasteiger partial charge >= 0.3 is 0 Å². The van der Waals surface area contributed by atoms with Crippen LogP contribution in [0, 0.1) is 0 Å². The Morgan fingerprint density at radius 3 is 1.58 bits per heavy atom. The molecule has 0 amide bonds. The van der Waals surface area contributed by atoms with E-state index in [9.17, 15) is 0 Å². The van der Waals surface area contributed by atoms with Crippen molar-refractivity contribution in [3.63, 3.8) is 0 Å². The highest BCUT2D eigenvalue weighted by Crippen LogP contribution is 2.44. The molecule has 2 aromatic heterocycles. The van der Waals surface area contributed by atoms with Gasteiger partial charge in [-0.2, -0.15) is 0 Å². The summed E-state index contributed by atoms with van der Waals surface area (Å²) in [5.74, 6) is 1.95. The zero-order valence-corrected chi connectivity index (χ0v) is 28.5. The van der Waals surface area contributed by atoms with Crippen molar-refractivity contribution in [3.8, 4) is 45.3 Å². The Balaban J connectivity index is 1.11. The van der Waals surface area contributed by atoms with Crippen LogP contribution in [-0.2, 0) is 0 Å². The summed E-state index contributed by atoms with van der Waals surface area (Å²) < 4.78 is 6.49. The van der Waals surface area contributed by atoms with Crippen LogP contribution in [0.25, 0.3) is 110 Å². The van der Waals surface area contributed by atoms with Crippen molar-refractivity contribution in [2.75, 3.05) is 0 Å². The summed E-state index contributed by atoms with van der Waals surface area (Å²) in [6.07, 6.45) is 0. The van der Waals surface area contributed by atoms with Gasteiger partial charge in [0.25, 0.3) is 0 Å². The average molecular weight is 676 g/mol. The number of rotatable bonds is 4. The molecule has 0 spiro atoms. The quantitative estimate of drug-likeness (QED) is 0.174. The topological polar surface area (TPSA) is 51.8 Å². The third kappa shape index (κ3) is 4.66. The van der Waals surface area contributed by atoms with Gasteiger partial charge < -0.3 is 4.42 Å². The molecule has 53 heavy (non-hydrogen) atoms. The minimum Gasteiger partial charge on any atom is -0.455 e. The highest BCUT2D eigenvalue weighted by atomic mass is 16.3. The van der Waals surface area contributed by atoms with E-state index in [0.717, 1.165) is 60.5 Å². The Morgan fingerprint density at radius 1 is 0.321 bits per heavy atom. The van der Waals surface area contributed by atoms with Crippen molar-refractivity contribution in [2.45, 2.75) is 0 Å². The van der Waals surface area contributed by atoms with Crippen molar-refractivity contribution in [1.29, 1.82) is 0 Å². The molecule has 0 saturated heterocycles. The lowest BCUT2D eigenvalue weighted by molar-refractivity contribution is 0.673. The fourth-order valence-electron chi connectivity index (χ4n) is 8.07. The Hall–Kier alpha value is -7.17. The number of fused-ring (bicyclic) bond motifs is 11. The Bertz CT molecular complexity index is 3160. The van der Waals surface area contributed by atoms with Crippen LogP contribution < -0.4 is 0 Å². The molecule has 0 atom stereocenters. The first-order chi connectivity index (χ1) is 26.3. The molecule has 0 radical (unpaired) electrons. The van der Waals surface area contributed by atoms with Crippen LogP contribution in [0.2, 0.25) is 0 Å². The third-order valence-corrected chi connectivity index (χ3v) is 10.5. The molecule has 0 aliphatic carbocycles. The van der Waals surface area contributed by atoms with Crippen LogP contribution in [-0.4, -0.2) is 15.0 Å². The number of hydrogen-bond donors (Lipinski definition) is 0. The molecular formula is C49H29N3O. The van der Waals surface area contributed by atoms with Gasteiger partial charge in [-0.1, -0.05) is 158 Å². The molecule has 11 aromatic rings. The Morgan fingerprint density at radius 2 is 0.868 bits per heavy atom. The average Bonchev–Trinajstić information content (AvgIpc) is 3.64. The van der Waals surface area contributed by atoms with Gasteiger partial charge in [0.1, 0.15) is 11.2 Å². The number of benzene rings is 9. The molecule has 0 aliphatic heterocycles. The summed E-state index contributed by atoms with van der Waals surface area (Å²) in [5.41, 5.74) is 7.05. The minimum absolute atomic E-state index is 0.649. The molecule has 4 nitrogen and oxygen atoms in total. The lowest BCUT2D eigenvalue weighted by Crippen LogP contribution is -2.00. The van der Waals surface area contributed by atoms with Crippen molar-refractivity contribution in [1.82, 2.24) is 15.0 Å². The molecule has 0 N–H and O–H groups in total. The van der Waals surface area contributed by atoms with E-state index in [1.54, 1.807) is 0 Å². The first-order valence-electron chi connectivity index (χ1n) is 17.9. The molecule has 0 fully saturated rings. The smallest absolute Gasteiger partial charge is 0.164 e. The van der Waals surface area contributed by atoms with Gasteiger partial charge in [-0.05, 0) is 67.0 Å². The van der Waals surface area contributed by atoms with E-state index in [-0.39, 0.29) is 0 Å². The first-order valence-corrected chi connectivity index (χ1v) is 17.9. The molecule has 11 rings (SSSR count). The van der Waals surface area contributed by atoms with Crippen LogP contribution in [0.5, 0.6) is 0 Å². The van der Waals surface area contributed by atoms with Crippen LogP contribution in [0.3, 0.4) is 0 Å². The van der Waals surface area contributed by atoms with Crippen LogP contribution in [0.15, 0.2) is 180 Å². The van der Waals surface area contributed by atoms with Gasteiger partial charge in [0, 0.05) is 32.8 Å². The fraction of sp³-hybridized carbons (Fsp3) is 0. The van der Waals surface area contributed by atoms with E-state index in [2.05, 4.69) is 109 Å². The van der Waals surface area contributed by atoms with E-state index in [1.807, 2.05) is 66.7 Å². The normalized spacial score (nSPS) is 11.8. The lowest BCUT2D eigenvalue weighted by atomic mass is 9.90. The van der Waals surface area contributed by atoms with Crippen molar-refractivity contribution >= 4 is 65.0 Å². The summed E-state index contributed by atoms with van der Waals surface area (Å²) in [6.45, 7) is 0. The van der Waals surface area contributed by atoms with Gasteiger partial charge in [0.2, 0.25) is 0 Å². The van der Waals surface area contributed by atoms with Gasteiger partial charge in [0.15, 0.2) is 17.5 Å². The van der Waals surface area contributed by atoms with Crippen molar-refractivity contribution < 1.29 is 4.42 Å². The fourth-order valence-corrected chi connectivity index (χ4v) is 8.07. The number of hydrogen-bond acceptors (Lipinski definition) is 4. The third-order valence-electron chi connectivity index (χ3n) is 10.5. The van der Waals surface area contributed by atoms with E-state index < -0.39 is 0 Å². The second kappa shape index (κ2) is 11.7. The number of furan rings is 1. The number of para-hydroxylation sites is 1. The zero-order valence-electron chi connectivity index (χ0n) is 28.5. The standard InChI is InChI=1S/C49H29N3O/c1-3-13-30(14-4-1)47-50-48(31-15-5-2-6-16-31)52-49(51-47)40-28-27-34(36-17-7-8-18-37(36)40)32-23-25-35-33(29-32)24-26-42-44(35)38-19-9-10-20-39(38)46-45(42)41-21-11-12-22-43(41)53-46/h1-29H. The molecule has 9 aromatic carbocycles. The van der Waals surface area contributed by atoms with E-state index in [1.165, 1.54) is 32.3 Å². The SMILES string of the molecule is c1ccc(-c2nc(-c3ccccc3)nc(-c3ccc(-c4ccc5c(ccc6c5c5ccccc5c5oc7ccccc7c65)c4)c4ccccc34)n2)cc1. The van der Waals surface area contributed by atoms with Gasteiger partial charge in [0.05, 0.1) is 0 Å². The van der Waals surface area contributed by atoms with Gasteiger partial charge in [-0.25, -0.2) is 15.0 Å². The summed E-state index contributed by atoms with van der Waals surface area (Å²) in [5, 5.41) is 11.8. The highest BCUT2D eigenvalue weighted by Gasteiger charge is 2.19. The summed E-state index contributed by atoms with van der Waals surface area (Å²) >= 11 is 0. The lowest BCUT2D eigenvalue weighted by Gasteiger charge is -2.14. The maximum absolute atomic E-state index is 6.49. The molecule has 0 unspecified atom stereocenters. The second-order valence-corrected chi connectivity index (χ2v) is 13.5. The van der Waals surface area contributed by atoms with Crippen LogP contribution >= 0.6 is 0 Å². The van der Waals surface area contributed by atoms with Gasteiger partial charge in [-0.3, -0.25) is 0 Å². The monoisotopic (exact) mass is 675 g/mol. The molecule has 0 saturated carbocycles. The minimum atomic E-state index is 0.649. The van der Waals surface area contributed by atoms with E-state index >= 15 is 0 Å². The predicted octanol–water partition coefficient (Wildman–Crippen LogP) is 13.1. The predicted molar refractivity (Wildman–Crippen MR) is 219 cm³/mol. The molecular weight excluding hydrogens is 647 g/mol. The van der Waals surface area contributed by atoms with Crippen LogP contribution in [0.4, 0.5) is 0 Å². The first kappa shape index (κ1) is 29.5. The van der Waals surface area contributed by atoms with Gasteiger partial charge in [-0.15, -0.1) is 0 Å². The van der Waals surface area contributed by atoms with Crippen molar-refractivity contribution in [2.24, 2.45) is 0 Å². The largest absolute Gasteiger partial charge is 0.455 e. The zero-order chi connectivity index (χ0) is 34.9. The molecule has 0 aliphatic rings. The maximum atomic E-state index is 6.49. The summed E-state index contributed by atoms with van der Waals surface area (Å²) in [6, 6.07) is 61.6. The molecule has 246 valence electrons. The van der Waals surface area contributed by atoms with Crippen molar-refractivity contribution in [3.05, 3.63) is 176 Å². The molecule has 4 heteroatoms. The Labute approximate surface area is 304 Å². The van der Waals surface area contributed by atoms with E-state index in [4.69, 9.17) is 19.4 Å². The maximum Gasteiger partial charge on any atom is 0.164 e. The van der Waals surface area contributed by atoms with E-state index in [0.29, 0.717) is 17.5 Å². The number of aromatic nitrogens is 3. The van der Waals surface area contributed by atoms with Crippen LogP contribution in [0.1, 0.15) is 0 Å². The molecule has 2 heterocycles. The highest BCUT2D eigenvalue weighted by molar-refractivity contribution is 6.34.